The van der Waals surface area contributed by atoms with Crippen LogP contribution in [-0.4, -0.2) is 13.2 Å². The second-order valence-electron chi connectivity index (χ2n) is 6.37. The second kappa shape index (κ2) is 6.40. The van der Waals surface area contributed by atoms with E-state index in [9.17, 15) is 0 Å². The van der Waals surface area contributed by atoms with Gasteiger partial charge in [0.25, 0.3) is 0 Å². The van der Waals surface area contributed by atoms with Gasteiger partial charge in [-0.25, -0.2) is 0 Å². The van der Waals surface area contributed by atoms with Gasteiger partial charge in [0.05, 0.1) is 7.11 Å². The van der Waals surface area contributed by atoms with E-state index in [1.54, 1.807) is 7.11 Å². The molecule has 0 aliphatic heterocycles. The Morgan fingerprint density at radius 2 is 1.79 bits per heavy atom. The second-order valence-corrected chi connectivity index (χ2v) is 6.37. The summed E-state index contributed by atoms with van der Waals surface area (Å²) in [4.78, 5) is 0. The van der Waals surface area contributed by atoms with Gasteiger partial charge in [-0.3, -0.25) is 0 Å². The van der Waals surface area contributed by atoms with E-state index in [0.29, 0.717) is 0 Å². The highest BCUT2D eigenvalue weighted by Gasteiger charge is 2.19. The van der Waals surface area contributed by atoms with E-state index in [1.807, 2.05) is 13.0 Å². The topological polar surface area (TPSA) is 61.3 Å². The average Bonchev–Trinajstić information content (AvgIpc) is 2.33. The number of hydrogen-bond acceptors (Lipinski definition) is 3. The van der Waals surface area contributed by atoms with Crippen molar-refractivity contribution >= 4 is 0 Å². The lowest BCUT2D eigenvalue weighted by molar-refractivity contribution is 0.401. The molecule has 0 aromatic heterocycles. The molecule has 0 saturated carbocycles. The zero-order valence-electron chi connectivity index (χ0n) is 12.9. The molecule has 0 saturated heterocycles. The lowest BCUT2D eigenvalue weighted by atomic mass is 9.84. The van der Waals surface area contributed by atoms with Crippen LogP contribution in [0.15, 0.2) is 18.2 Å². The molecule has 108 valence electrons. The fraction of sp³-hybridized carbons (Fsp3) is 0.625. The van der Waals surface area contributed by atoms with Crippen LogP contribution >= 0.6 is 0 Å². The van der Waals surface area contributed by atoms with E-state index in [4.69, 9.17) is 16.2 Å². The first-order valence-corrected chi connectivity index (χ1v) is 6.95. The standard InChI is InChI=1S/C16H28N2O/c1-11(17)6-8-14(18)13-10-12(16(2,3)4)7-9-15(13)19-5/h7,9-11,14H,6,8,17-18H2,1-5H3. The van der Waals surface area contributed by atoms with Crippen LogP contribution in [0.3, 0.4) is 0 Å². The van der Waals surface area contributed by atoms with Crippen molar-refractivity contribution in [1.29, 1.82) is 0 Å². The fourth-order valence-electron chi connectivity index (χ4n) is 2.09. The molecule has 0 heterocycles. The minimum Gasteiger partial charge on any atom is -0.496 e. The molecule has 1 aromatic carbocycles. The first-order valence-electron chi connectivity index (χ1n) is 6.95. The molecule has 3 nitrogen and oxygen atoms in total. The van der Waals surface area contributed by atoms with Crippen molar-refractivity contribution in [1.82, 2.24) is 0 Å². The quantitative estimate of drug-likeness (QED) is 0.859. The number of rotatable bonds is 5. The molecule has 0 bridgehead atoms. The fourth-order valence-corrected chi connectivity index (χ4v) is 2.09. The summed E-state index contributed by atoms with van der Waals surface area (Å²) in [5.41, 5.74) is 14.6. The molecule has 4 N–H and O–H groups in total. The first-order chi connectivity index (χ1) is 8.75. The third kappa shape index (κ3) is 4.51. The van der Waals surface area contributed by atoms with Crippen LogP contribution < -0.4 is 16.2 Å². The summed E-state index contributed by atoms with van der Waals surface area (Å²) < 4.78 is 5.43. The molecule has 0 aliphatic rings. The number of hydrogen-bond donors (Lipinski definition) is 2. The smallest absolute Gasteiger partial charge is 0.123 e. The van der Waals surface area contributed by atoms with Gasteiger partial charge in [0.1, 0.15) is 5.75 Å². The molecule has 0 radical (unpaired) electrons. The van der Waals surface area contributed by atoms with Crippen molar-refractivity contribution in [2.75, 3.05) is 7.11 Å². The van der Waals surface area contributed by atoms with Crippen molar-refractivity contribution in [3.8, 4) is 5.75 Å². The monoisotopic (exact) mass is 264 g/mol. The van der Waals surface area contributed by atoms with Crippen molar-refractivity contribution in [3.05, 3.63) is 29.3 Å². The molecule has 0 fully saturated rings. The zero-order valence-corrected chi connectivity index (χ0v) is 12.9. The molecule has 2 unspecified atom stereocenters. The van der Waals surface area contributed by atoms with Crippen LogP contribution in [0.4, 0.5) is 0 Å². The van der Waals surface area contributed by atoms with Gasteiger partial charge >= 0.3 is 0 Å². The minimum atomic E-state index is -0.0248. The third-order valence-electron chi connectivity index (χ3n) is 3.43. The van der Waals surface area contributed by atoms with Gasteiger partial charge in [0.15, 0.2) is 0 Å². The third-order valence-corrected chi connectivity index (χ3v) is 3.43. The van der Waals surface area contributed by atoms with Gasteiger partial charge in [0.2, 0.25) is 0 Å². The first kappa shape index (κ1) is 16.0. The molecule has 0 aliphatic carbocycles. The molecule has 3 heteroatoms. The predicted octanol–water partition coefficient (Wildman–Crippen LogP) is 3.12. The average molecular weight is 264 g/mol. The van der Waals surface area contributed by atoms with Crippen LogP contribution in [0.2, 0.25) is 0 Å². The summed E-state index contributed by atoms with van der Waals surface area (Å²) in [5, 5.41) is 0. The molecule has 1 aromatic rings. The van der Waals surface area contributed by atoms with Crippen LogP contribution in [0.5, 0.6) is 5.75 Å². The van der Waals surface area contributed by atoms with Gasteiger partial charge in [-0.05, 0) is 36.8 Å². The molecule has 0 amide bonds. The molecule has 0 spiro atoms. The highest BCUT2D eigenvalue weighted by Crippen LogP contribution is 2.32. The van der Waals surface area contributed by atoms with E-state index < -0.39 is 0 Å². The summed E-state index contributed by atoms with van der Waals surface area (Å²) in [6, 6.07) is 6.46. The van der Waals surface area contributed by atoms with E-state index in [2.05, 4.69) is 32.9 Å². The number of nitrogens with two attached hydrogens (primary N) is 2. The van der Waals surface area contributed by atoms with E-state index in [0.717, 1.165) is 24.2 Å². The molecule has 1 rings (SSSR count). The van der Waals surface area contributed by atoms with E-state index in [-0.39, 0.29) is 17.5 Å². The van der Waals surface area contributed by atoms with E-state index >= 15 is 0 Å². The van der Waals surface area contributed by atoms with Crippen molar-refractivity contribution in [3.63, 3.8) is 0 Å². The number of benzene rings is 1. The van der Waals surface area contributed by atoms with Crippen LogP contribution in [0, 0.1) is 0 Å². The highest BCUT2D eigenvalue weighted by atomic mass is 16.5. The predicted molar refractivity (Wildman–Crippen MR) is 81.5 cm³/mol. The summed E-state index contributed by atoms with van der Waals surface area (Å²) in [7, 11) is 1.69. The number of methoxy groups -OCH3 is 1. The van der Waals surface area contributed by atoms with Gasteiger partial charge in [0, 0.05) is 17.6 Å². The Kier molecular flexibility index (Phi) is 5.39. The van der Waals surface area contributed by atoms with Crippen molar-refractivity contribution in [2.24, 2.45) is 11.5 Å². The SMILES string of the molecule is COc1ccc(C(C)(C)C)cc1C(N)CCC(C)N. The van der Waals surface area contributed by atoms with Gasteiger partial charge < -0.3 is 16.2 Å². The molecular formula is C16H28N2O. The largest absolute Gasteiger partial charge is 0.496 e. The summed E-state index contributed by atoms with van der Waals surface area (Å²) in [5.74, 6) is 0.866. The van der Waals surface area contributed by atoms with Crippen LogP contribution in [0.25, 0.3) is 0 Å². The Balaban J connectivity index is 3.02. The van der Waals surface area contributed by atoms with Gasteiger partial charge in [-0.1, -0.05) is 32.9 Å². The Labute approximate surface area is 117 Å². The van der Waals surface area contributed by atoms with Gasteiger partial charge in [-0.15, -0.1) is 0 Å². The highest BCUT2D eigenvalue weighted by molar-refractivity contribution is 5.41. The maximum absolute atomic E-state index is 6.30. The normalized spacial score (nSPS) is 15.1. The Morgan fingerprint density at radius 3 is 2.26 bits per heavy atom. The van der Waals surface area contributed by atoms with Crippen molar-refractivity contribution in [2.45, 2.75) is 58.0 Å². The van der Waals surface area contributed by atoms with Crippen LogP contribution in [0.1, 0.15) is 57.7 Å². The lowest BCUT2D eigenvalue weighted by Crippen LogP contribution is -2.20. The summed E-state index contributed by atoms with van der Waals surface area (Å²) in [6.07, 6.45) is 1.80. The van der Waals surface area contributed by atoms with Crippen LogP contribution in [-0.2, 0) is 5.41 Å². The minimum absolute atomic E-state index is 0.0248. The van der Waals surface area contributed by atoms with Gasteiger partial charge in [-0.2, -0.15) is 0 Å². The zero-order chi connectivity index (χ0) is 14.6. The Bertz CT molecular complexity index is 408. The number of ether oxygens (including phenoxy) is 1. The van der Waals surface area contributed by atoms with E-state index in [1.165, 1.54) is 5.56 Å². The molecule has 2 atom stereocenters. The Hall–Kier alpha value is -1.06. The maximum atomic E-state index is 6.30. The van der Waals surface area contributed by atoms with Crippen molar-refractivity contribution < 1.29 is 4.74 Å². The maximum Gasteiger partial charge on any atom is 0.123 e. The molecular weight excluding hydrogens is 236 g/mol. The summed E-state index contributed by atoms with van der Waals surface area (Å²) in [6.45, 7) is 8.61. The lowest BCUT2D eigenvalue weighted by Gasteiger charge is -2.23. The Morgan fingerprint density at radius 1 is 1.16 bits per heavy atom. The summed E-state index contributed by atoms with van der Waals surface area (Å²) >= 11 is 0. The molecule has 19 heavy (non-hydrogen) atoms.